The smallest absolute Gasteiger partial charge is 0.260 e. The van der Waals surface area contributed by atoms with Crippen LogP contribution in [0.4, 0.5) is 0 Å². The minimum absolute atomic E-state index is 0.155. The van der Waals surface area contributed by atoms with Gasteiger partial charge in [0.25, 0.3) is 5.91 Å². The Bertz CT molecular complexity index is 684. The van der Waals surface area contributed by atoms with Crippen LogP contribution in [0.1, 0.15) is 18.1 Å². The summed E-state index contributed by atoms with van der Waals surface area (Å²) in [5.74, 6) is 0.147. The summed E-state index contributed by atoms with van der Waals surface area (Å²) < 4.78 is 5.61. The van der Waals surface area contributed by atoms with Gasteiger partial charge in [0, 0.05) is 6.54 Å². The monoisotopic (exact) mass is 315 g/mol. The molecule has 1 atom stereocenters. The molecule has 122 valence electrons. The van der Waals surface area contributed by atoms with Gasteiger partial charge in [-0.3, -0.25) is 4.79 Å². The maximum atomic E-state index is 12.0. The predicted molar refractivity (Wildman–Crippen MR) is 87.8 cm³/mol. The van der Waals surface area contributed by atoms with Gasteiger partial charge in [0.05, 0.1) is 0 Å². The van der Waals surface area contributed by atoms with Gasteiger partial charge in [-0.15, -0.1) is 0 Å². The van der Waals surface area contributed by atoms with Crippen LogP contribution in [0.5, 0.6) is 17.2 Å². The standard InChI is InChI=1S/C18H21NO4/c1-12-4-3-5-15(10-12)23-13(2)18(22)19-9-8-14-6-7-16(20)17(21)11-14/h3-7,10-11,13,20-21H,8-9H2,1-2H3,(H,19,22). The highest BCUT2D eigenvalue weighted by atomic mass is 16.5. The lowest BCUT2D eigenvalue weighted by Gasteiger charge is -2.15. The maximum absolute atomic E-state index is 12.0. The number of carbonyl (C=O) groups excluding carboxylic acids is 1. The minimum atomic E-state index is -0.593. The van der Waals surface area contributed by atoms with E-state index in [0.717, 1.165) is 11.1 Å². The fraction of sp³-hybridized carbons (Fsp3) is 0.278. The van der Waals surface area contributed by atoms with Crippen molar-refractivity contribution in [3.05, 3.63) is 53.6 Å². The largest absolute Gasteiger partial charge is 0.504 e. The van der Waals surface area contributed by atoms with Crippen LogP contribution in [0.3, 0.4) is 0 Å². The van der Waals surface area contributed by atoms with E-state index in [4.69, 9.17) is 4.74 Å². The second kappa shape index (κ2) is 7.54. The van der Waals surface area contributed by atoms with Gasteiger partial charge in [-0.2, -0.15) is 0 Å². The summed E-state index contributed by atoms with van der Waals surface area (Å²) in [6, 6.07) is 12.1. The van der Waals surface area contributed by atoms with Crippen LogP contribution in [0.15, 0.2) is 42.5 Å². The quantitative estimate of drug-likeness (QED) is 0.716. The zero-order chi connectivity index (χ0) is 16.8. The molecule has 0 fully saturated rings. The lowest BCUT2D eigenvalue weighted by molar-refractivity contribution is -0.127. The van der Waals surface area contributed by atoms with Crippen molar-refractivity contribution in [1.29, 1.82) is 0 Å². The molecule has 0 spiro atoms. The molecular formula is C18H21NO4. The van der Waals surface area contributed by atoms with E-state index in [1.54, 1.807) is 13.0 Å². The molecule has 2 aromatic rings. The van der Waals surface area contributed by atoms with Crippen molar-refractivity contribution in [1.82, 2.24) is 5.32 Å². The Morgan fingerprint density at radius 1 is 1.17 bits per heavy atom. The molecule has 0 aliphatic carbocycles. The first-order chi connectivity index (χ1) is 11.0. The zero-order valence-electron chi connectivity index (χ0n) is 13.2. The Balaban J connectivity index is 1.80. The number of benzene rings is 2. The molecule has 2 rings (SSSR count). The van der Waals surface area contributed by atoms with E-state index in [2.05, 4.69) is 5.32 Å². The maximum Gasteiger partial charge on any atom is 0.260 e. The fourth-order valence-electron chi connectivity index (χ4n) is 2.14. The van der Waals surface area contributed by atoms with Crippen LogP contribution >= 0.6 is 0 Å². The Labute approximate surface area is 135 Å². The summed E-state index contributed by atoms with van der Waals surface area (Å²) in [4.78, 5) is 12.0. The molecule has 23 heavy (non-hydrogen) atoms. The lowest BCUT2D eigenvalue weighted by Crippen LogP contribution is -2.37. The molecule has 0 saturated carbocycles. The lowest BCUT2D eigenvalue weighted by atomic mass is 10.1. The number of amides is 1. The van der Waals surface area contributed by atoms with E-state index in [0.29, 0.717) is 18.7 Å². The van der Waals surface area contributed by atoms with E-state index in [1.165, 1.54) is 12.1 Å². The number of ether oxygens (including phenoxy) is 1. The number of carbonyl (C=O) groups is 1. The van der Waals surface area contributed by atoms with Crippen LogP contribution in [-0.4, -0.2) is 28.8 Å². The molecule has 0 aliphatic heterocycles. The van der Waals surface area contributed by atoms with Crippen molar-refractivity contribution >= 4 is 5.91 Å². The van der Waals surface area contributed by atoms with Crippen molar-refractivity contribution in [3.8, 4) is 17.2 Å². The number of rotatable bonds is 6. The average Bonchev–Trinajstić information content (AvgIpc) is 2.50. The molecule has 0 aliphatic rings. The van der Waals surface area contributed by atoms with Crippen molar-refractivity contribution in [3.63, 3.8) is 0 Å². The number of phenols is 2. The highest BCUT2D eigenvalue weighted by Crippen LogP contribution is 2.24. The predicted octanol–water partition coefficient (Wildman–Crippen LogP) is 2.53. The summed E-state index contributed by atoms with van der Waals surface area (Å²) in [5, 5.41) is 21.5. The fourth-order valence-corrected chi connectivity index (χ4v) is 2.14. The number of hydrogen-bond donors (Lipinski definition) is 3. The normalized spacial score (nSPS) is 11.7. The van der Waals surface area contributed by atoms with Crippen molar-refractivity contribution in [2.24, 2.45) is 0 Å². The third kappa shape index (κ3) is 4.92. The zero-order valence-corrected chi connectivity index (χ0v) is 13.2. The van der Waals surface area contributed by atoms with Gasteiger partial charge < -0.3 is 20.3 Å². The van der Waals surface area contributed by atoms with E-state index < -0.39 is 6.10 Å². The highest BCUT2D eigenvalue weighted by molar-refractivity contribution is 5.80. The van der Waals surface area contributed by atoms with Crippen LogP contribution in [-0.2, 0) is 11.2 Å². The van der Waals surface area contributed by atoms with Crippen molar-refractivity contribution in [2.45, 2.75) is 26.4 Å². The molecule has 1 amide bonds. The second-order valence-corrected chi connectivity index (χ2v) is 5.44. The number of hydrogen-bond acceptors (Lipinski definition) is 4. The van der Waals surface area contributed by atoms with E-state index in [-0.39, 0.29) is 17.4 Å². The Kier molecular flexibility index (Phi) is 5.46. The summed E-state index contributed by atoms with van der Waals surface area (Å²) in [7, 11) is 0. The van der Waals surface area contributed by atoms with E-state index >= 15 is 0 Å². The summed E-state index contributed by atoms with van der Waals surface area (Å²) >= 11 is 0. The molecule has 2 aromatic carbocycles. The summed E-state index contributed by atoms with van der Waals surface area (Å²) in [6.45, 7) is 4.08. The molecule has 0 saturated heterocycles. The topological polar surface area (TPSA) is 78.8 Å². The molecule has 5 nitrogen and oxygen atoms in total. The molecule has 0 radical (unpaired) electrons. The van der Waals surface area contributed by atoms with Gasteiger partial charge in [-0.25, -0.2) is 0 Å². The molecule has 0 aromatic heterocycles. The molecule has 0 bridgehead atoms. The Morgan fingerprint density at radius 3 is 2.65 bits per heavy atom. The van der Waals surface area contributed by atoms with Crippen LogP contribution < -0.4 is 10.1 Å². The highest BCUT2D eigenvalue weighted by Gasteiger charge is 2.14. The molecule has 1 unspecified atom stereocenters. The average molecular weight is 315 g/mol. The van der Waals surface area contributed by atoms with E-state index in [9.17, 15) is 15.0 Å². The first-order valence-corrected chi connectivity index (χ1v) is 7.47. The number of nitrogens with one attached hydrogen (secondary N) is 1. The van der Waals surface area contributed by atoms with Gasteiger partial charge >= 0.3 is 0 Å². The van der Waals surface area contributed by atoms with Crippen LogP contribution in [0.2, 0.25) is 0 Å². The molecule has 0 heterocycles. The third-order valence-corrected chi connectivity index (χ3v) is 3.42. The summed E-state index contributed by atoms with van der Waals surface area (Å²) in [5.41, 5.74) is 1.90. The van der Waals surface area contributed by atoms with Crippen molar-refractivity contribution in [2.75, 3.05) is 6.54 Å². The third-order valence-electron chi connectivity index (χ3n) is 3.42. The first-order valence-electron chi connectivity index (χ1n) is 7.47. The number of phenolic OH excluding ortho intramolecular Hbond substituents is 2. The van der Waals surface area contributed by atoms with E-state index in [1.807, 2.05) is 31.2 Å². The molecule has 5 heteroatoms. The SMILES string of the molecule is Cc1cccc(OC(C)C(=O)NCCc2ccc(O)c(O)c2)c1. The van der Waals surface area contributed by atoms with Gasteiger partial charge in [0.1, 0.15) is 5.75 Å². The number of aromatic hydroxyl groups is 2. The molecule has 3 N–H and O–H groups in total. The second-order valence-electron chi connectivity index (χ2n) is 5.44. The summed E-state index contributed by atoms with van der Waals surface area (Å²) in [6.07, 6.45) is -0.0402. The minimum Gasteiger partial charge on any atom is -0.504 e. The molecular weight excluding hydrogens is 294 g/mol. The van der Waals surface area contributed by atoms with Gasteiger partial charge in [-0.1, -0.05) is 18.2 Å². The Hall–Kier alpha value is -2.69. The van der Waals surface area contributed by atoms with Crippen LogP contribution in [0.25, 0.3) is 0 Å². The van der Waals surface area contributed by atoms with Gasteiger partial charge in [0.2, 0.25) is 0 Å². The van der Waals surface area contributed by atoms with Gasteiger partial charge in [-0.05, 0) is 55.7 Å². The first kappa shape index (κ1) is 16.7. The Morgan fingerprint density at radius 2 is 1.96 bits per heavy atom. The van der Waals surface area contributed by atoms with Gasteiger partial charge in [0.15, 0.2) is 17.6 Å². The number of aryl methyl sites for hydroxylation is 1. The van der Waals surface area contributed by atoms with Crippen molar-refractivity contribution < 1.29 is 19.7 Å². The van der Waals surface area contributed by atoms with Crippen LogP contribution in [0, 0.1) is 6.92 Å².